The van der Waals surface area contributed by atoms with E-state index in [2.05, 4.69) is 53.4 Å². The Hall–Kier alpha value is -0.340. The Morgan fingerprint density at radius 3 is 2.64 bits per heavy atom. The van der Waals surface area contributed by atoms with Gasteiger partial charge in [-0.3, -0.25) is 0 Å². The predicted octanol–water partition coefficient (Wildman–Crippen LogP) is 3.43. The second-order valence-corrected chi connectivity index (χ2v) is 4.98. The van der Waals surface area contributed by atoms with Gasteiger partial charge in [0.1, 0.15) is 0 Å². The van der Waals surface area contributed by atoms with Gasteiger partial charge in [-0.15, -0.1) is 0 Å². The monoisotopic (exact) mass is 253 g/mol. The van der Waals surface area contributed by atoms with Crippen molar-refractivity contribution >= 4 is 15.9 Å². The summed E-state index contributed by atoms with van der Waals surface area (Å²) in [5, 5.41) is 3.41. The highest BCUT2D eigenvalue weighted by Gasteiger charge is 2.31. The van der Waals surface area contributed by atoms with Gasteiger partial charge < -0.3 is 5.32 Å². The van der Waals surface area contributed by atoms with Crippen molar-refractivity contribution in [3.63, 3.8) is 0 Å². The van der Waals surface area contributed by atoms with Crippen molar-refractivity contribution in [2.45, 2.75) is 25.8 Å². The van der Waals surface area contributed by atoms with Crippen LogP contribution < -0.4 is 5.32 Å². The number of aryl methyl sites for hydroxylation is 1. The predicted molar refractivity (Wildman–Crippen MR) is 63.4 cm³/mol. The fourth-order valence-corrected chi connectivity index (χ4v) is 2.70. The van der Waals surface area contributed by atoms with E-state index in [1.807, 2.05) is 0 Å². The lowest BCUT2D eigenvalue weighted by molar-refractivity contribution is 0.527. The van der Waals surface area contributed by atoms with Crippen LogP contribution in [0.5, 0.6) is 0 Å². The Morgan fingerprint density at radius 2 is 2.14 bits per heavy atom. The molecule has 1 N–H and O–H groups in total. The maximum absolute atomic E-state index is 3.64. The van der Waals surface area contributed by atoms with Crippen LogP contribution in [0.2, 0.25) is 0 Å². The smallest absolute Gasteiger partial charge is 0.0357 e. The van der Waals surface area contributed by atoms with Crippen molar-refractivity contribution in [2.75, 3.05) is 7.05 Å². The van der Waals surface area contributed by atoms with E-state index in [1.165, 1.54) is 28.4 Å². The number of benzene rings is 1. The number of halogens is 1. The zero-order chi connectivity index (χ0) is 10.1. The largest absolute Gasteiger partial charge is 0.313 e. The van der Waals surface area contributed by atoms with E-state index in [0.717, 1.165) is 5.92 Å². The third-order valence-corrected chi connectivity index (χ3v) is 3.58. The highest BCUT2D eigenvalue weighted by atomic mass is 79.9. The summed E-state index contributed by atoms with van der Waals surface area (Å²) in [6, 6.07) is 7.15. The van der Waals surface area contributed by atoms with Gasteiger partial charge in [0.05, 0.1) is 0 Å². The van der Waals surface area contributed by atoms with E-state index in [-0.39, 0.29) is 0 Å². The van der Waals surface area contributed by atoms with E-state index in [4.69, 9.17) is 0 Å². The van der Waals surface area contributed by atoms with Crippen molar-refractivity contribution < 1.29 is 0 Å². The molecule has 1 aliphatic carbocycles. The molecule has 1 fully saturated rings. The SMILES string of the molecule is CNC(c1ccc(C)cc1Br)C1CC1. The van der Waals surface area contributed by atoms with Gasteiger partial charge >= 0.3 is 0 Å². The Kier molecular flexibility index (Phi) is 2.93. The Balaban J connectivity index is 2.29. The molecule has 14 heavy (non-hydrogen) atoms. The van der Waals surface area contributed by atoms with Crippen LogP contribution in [0.25, 0.3) is 0 Å². The van der Waals surface area contributed by atoms with Crippen LogP contribution in [-0.2, 0) is 0 Å². The van der Waals surface area contributed by atoms with Crippen molar-refractivity contribution in [1.29, 1.82) is 0 Å². The van der Waals surface area contributed by atoms with Crippen LogP contribution in [-0.4, -0.2) is 7.05 Å². The number of nitrogens with one attached hydrogen (secondary N) is 1. The van der Waals surface area contributed by atoms with Crippen LogP contribution in [0.15, 0.2) is 22.7 Å². The van der Waals surface area contributed by atoms with Gasteiger partial charge in [0.2, 0.25) is 0 Å². The average molecular weight is 254 g/mol. The molecule has 0 radical (unpaired) electrons. The molecule has 1 atom stereocenters. The molecule has 1 aromatic carbocycles. The zero-order valence-corrected chi connectivity index (χ0v) is 10.3. The van der Waals surface area contributed by atoms with Gasteiger partial charge in [0.15, 0.2) is 0 Å². The molecule has 0 heterocycles. The summed E-state index contributed by atoms with van der Waals surface area (Å²) in [5.74, 6) is 0.846. The first kappa shape index (κ1) is 10.2. The molecule has 1 aliphatic rings. The summed E-state index contributed by atoms with van der Waals surface area (Å²) in [6.45, 7) is 2.13. The third kappa shape index (κ3) is 2.01. The second-order valence-electron chi connectivity index (χ2n) is 4.13. The summed E-state index contributed by atoms with van der Waals surface area (Å²) in [7, 11) is 2.05. The van der Waals surface area contributed by atoms with Crippen molar-refractivity contribution in [1.82, 2.24) is 5.32 Å². The number of rotatable bonds is 3. The fraction of sp³-hybridized carbons (Fsp3) is 0.500. The van der Waals surface area contributed by atoms with Gasteiger partial charge in [-0.1, -0.05) is 28.1 Å². The van der Waals surface area contributed by atoms with E-state index in [9.17, 15) is 0 Å². The molecule has 0 bridgehead atoms. The summed E-state index contributed by atoms with van der Waals surface area (Å²) in [5.41, 5.74) is 2.71. The van der Waals surface area contributed by atoms with Crippen molar-refractivity contribution in [2.24, 2.45) is 5.92 Å². The second kappa shape index (κ2) is 4.03. The molecular formula is C12H16BrN. The zero-order valence-electron chi connectivity index (χ0n) is 8.68. The third-order valence-electron chi connectivity index (χ3n) is 2.90. The summed E-state index contributed by atoms with van der Waals surface area (Å²) in [6.07, 6.45) is 2.73. The highest BCUT2D eigenvalue weighted by molar-refractivity contribution is 9.10. The van der Waals surface area contributed by atoms with Crippen LogP contribution >= 0.6 is 15.9 Å². The molecule has 0 saturated heterocycles. The first-order chi connectivity index (χ1) is 6.72. The maximum atomic E-state index is 3.64. The van der Waals surface area contributed by atoms with Crippen molar-refractivity contribution in [3.05, 3.63) is 33.8 Å². The molecule has 2 rings (SSSR count). The minimum absolute atomic E-state index is 0.532. The van der Waals surface area contributed by atoms with E-state index in [0.29, 0.717) is 6.04 Å². The van der Waals surface area contributed by atoms with Crippen molar-refractivity contribution in [3.8, 4) is 0 Å². The normalized spacial score (nSPS) is 18.2. The van der Waals surface area contributed by atoms with E-state index < -0.39 is 0 Å². The molecule has 0 spiro atoms. The molecule has 76 valence electrons. The maximum Gasteiger partial charge on any atom is 0.0357 e. The summed E-state index contributed by atoms with van der Waals surface area (Å²) < 4.78 is 1.24. The van der Waals surface area contributed by atoms with Gasteiger partial charge in [-0.2, -0.15) is 0 Å². The molecule has 0 aliphatic heterocycles. The lowest BCUT2D eigenvalue weighted by Crippen LogP contribution is -2.18. The Labute approximate surface area is 94.0 Å². The quantitative estimate of drug-likeness (QED) is 0.871. The van der Waals surface area contributed by atoms with Crippen LogP contribution in [0, 0.1) is 12.8 Å². The Morgan fingerprint density at radius 1 is 1.43 bits per heavy atom. The van der Waals surface area contributed by atoms with Crippen LogP contribution in [0.1, 0.15) is 30.0 Å². The van der Waals surface area contributed by atoms with Gasteiger partial charge in [-0.25, -0.2) is 0 Å². The lowest BCUT2D eigenvalue weighted by atomic mass is 10.0. The minimum atomic E-state index is 0.532. The number of hydrogen-bond acceptors (Lipinski definition) is 1. The molecule has 0 aromatic heterocycles. The van der Waals surface area contributed by atoms with E-state index >= 15 is 0 Å². The molecule has 0 amide bonds. The molecular weight excluding hydrogens is 238 g/mol. The minimum Gasteiger partial charge on any atom is -0.313 e. The Bertz CT molecular complexity index is 331. The number of hydrogen-bond donors (Lipinski definition) is 1. The van der Waals surface area contributed by atoms with E-state index in [1.54, 1.807) is 0 Å². The van der Waals surface area contributed by atoms with Crippen LogP contribution in [0.3, 0.4) is 0 Å². The van der Waals surface area contributed by atoms with Gasteiger partial charge in [0.25, 0.3) is 0 Å². The fourth-order valence-electron chi connectivity index (χ4n) is 1.96. The molecule has 1 nitrogen and oxygen atoms in total. The summed E-state index contributed by atoms with van der Waals surface area (Å²) in [4.78, 5) is 0. The van der Waals surface area contributed by atoms with Gasteiger partial charge in [0, 0.05) is 10.5 Å². The molecule has 1 unspecified atom stereocenters. The first-order valence-electron chi connectivity index (χ1n) is 5.15. The molecule has 1 saturated carbocycles. The standard InChI is InChI=1S/C12H16BrN/c1-8-3-6-10(11(13)7-8)12(14-2)9-4-5-9/h3,6-7,9,12,14H,4-5H2,1-2H3. The van der Waals surface area contributed by atoms with Gasteiger partial charge in [-0.05, 0) is 49.9 Å². The first-order valence-corrected chi connectivity index (χ1v) is 5.95. The topological polar surface area (TPSA) is 12.0 Å². The molecule has 1 aromatic rings. The van der Waals surface area contributed by atoms with Crippen LogP contribution in [0.4, 0.5) is 0 Å². The summed E-state index contributed by atoms with van der Waals surface area (Å²) >= 11 is 3.64. The highest BCUT2D eigenvalue weighted by Crippen LogP contribution is 2.42. The lowest BCUT2D eigenvalue weighted by Gasteiger charge is -2.17. The average Bonchev–Trinajstić information content (AvgIpc) is 2.93. The molecule has 2 heteroatoms.